The van der Waals surface area contributed by atoms with Crippen molar-refractivity contribution in [2.75, 3.05) is 37.5 Å². The molecule has 0 aromatic heterocycles. The minimum atomic E-state index is -1.71. The highest BCUT2D eigenvalue weighted by Crippen LogP contribution is 2.30. The molecule has 1 unspecified atom stereocenters. The molecule has 5 atom stereocenters. The lowest BCUT2D eigenvalue weighted by Crippen LogP contribution is -2.57. The molecule has 1 aliphatic rings. The number of carbonyl (C=O) groups excluding carboxylic acids is 2. The molecule has 0 aliphatic carbocycles. The fourth-order valence-corrected chi connectivity index (χ4v) is 3.52. The van der Waals surface area contributed by atoms with Crippen molar-refractivity contribution in [1.82, 2.24) is 5.32 Å². The average Bonchev–Trinajstić information content (AvgIpc) is 2.82. The summed E-state index contributed by atoms with van der Waals surface area (Å²) in [6, 6.07) is 6.49. The molecule has 2 rings (SSSR count). The molecule has 1 aromatic carbocycles. The number of nitrogens with one attached hydrogen (secondary N) is 1. The lowest BCUT2D eigenvalue weighted by molar-refractivity contribution is -0.150. The fourth-order valence-electron chi connectivity index (χ4n) is 3.52. The van der Waals surface area contributed by atoms with Gasteiger partial charge in [-0.2, -0.15) is 0 Å². The van der Waals surface area contributed by atoms with Gasteiger partial charge in [0.15, 0.2) is 6.10 Å². The van der Waals surface area contributed by atoms with E-state index in [0.29, 0.717) is 5.69 Å². The Morgan fingerprint density at radius 3 is 2.31 bits per heavy atom. The monoisotopic (exact) mass is 449 g/mol. The Kier molecular flexibility index (Phi) is 8.41. The Morgan fingerprint density at radius 2 is 1.75 bits per heavy atom. The van der Waals surface area contributed by atoms with Crippen LogP contribution < -0.4 is 15.1 Å². The summed E-state index contributed by atoms with van der Waals surface area (Å²) in [5.74, 6) is -1.09. The number of hydrogen-bond acceptors (Lipinski definition) is 7. The summed E-state index contributed by atoms with van der Waals surface area (Å²) in [5, 5.41) is 33.7. The molecule has 9 nitrogen and oxygen atoms in total. The van der Waals surface area contributed by atoms with E-state index >= 15 is 0 Å². The number of hydrogen-bond donors (Lipinski definition) is 4. The third kappa shape index (κ3) is 6.07. The summed E-state index contributed by atoms with van der Waals surface area (Å²) in [6.45, 7) is 5.96. The van der Waals surface area contributed by atoms with E-state index in [1.54, 1.807) is 13.1 Å². The van der Waals surface area contributed by atoms with Crippen LogP contribution in [0.15, 0.2) is 36.4 Å². The van der Waals surface area contributed by atoms with Gasteiger partial charge in [-0.3, -0.25) is 9.59 Å². The number of anilines is 2. The second-order valence-electron chi connectivity index (χ2n) is 9.18. The lowest BCUT2D eigenvalue weighted by atomic mass is 9.94. The number of aliphatic hydroxyl groups is 3. The van der Waals surface area contributed by atoms with E-state index in [0.717, 1.165) is 5.69 Å². The fraction of sp³-hybridized carbons (Fsp3) is 0.565. The van der Waals surface area contributed by atoms with Crippen molar-refractivity contribution in [2.24, 2.45) is 5.41 Å². The second kappa shape index (κ2) is 10.4. The van der Waals surface area contributed by atoms with Gasteiger partial charge in [0, 0.05) is 27.7 Å². The number of methoxy groups -OCH3 is 1. The molecular formula is C23H35N3O6. The number of nitrogens with zero attached hydrogens (tertiary/aromatic N) is 2. The van der Waals surface area contributed by atoms with Crippen molar-refractivity contribution >= 4 is 23.2 Å². The molecule has 0 spiro atoms. The smallest absolute Gasteiger partial charge is 0.252 e. The van der Waals surface area contributed by atoms with Crippen LogP contribution in [0, 0.1) is 5.41 Å². The minimum Gasteiger partial charge on any atom is -0.387 e. The molecule has 1 heterocycles. The Hall–Kier alpha value is -2.46. The summed E-state index contributed by atoms with van der Waals surface area (Å²) in [6.07, 6.45) is -3.20. The van der Waals surface area contributed by atoms with E-state index in [2.05, 4.69) is 5.32 Å². The molecule has 0 bridgehead atoms. The van der Waals surface area contributed by atoms with Gasteiger partial charge in [-0.1, -0.05) is 45.1 Å². The van der Waals surface area contributed by atoms with Crippen LogP contribution in [-0.4, -0.2) is 85.3 Å². The maximum atomic E-state index is 13.0. The number of rotatable bonds is 7. The van der Waals surface area contributed by atoms with Crippen molar-refractivity contribution in [3.05, 3.63) is 36.4 Å². The Labute approximate surface area is 189 Å². The number of allylic oxidation sites excluding steroid dienone is 1. The van der Waals surface area contributed by atoms with E-state index in [4.69, 9.17) is 4.74 Å². The van der Waals surface area contributed by atoms with Crippen LogP contribution in [0.3, 0.4) is 0 Å². The third-order valence-electron chi connectivity index (χ3n) is 5.37. The number of amides is 2. The molecule has 1 aromatic rings. The number of carbonyl (C=O) groups is 2. The first-order valence-corrected chi connectivity index (χ1v) is 10.5. The van der Waals surface area contributed by atoms with Crippen molar-refractivity contribution in [1.29, 1.82) is 0 Å². The summed E-state index contributed by atoms with van der Waals surface area (Å²) in [5.41, 5.74) is 1.32. The van der Waals surface area contributed by atoms with Crippen LogP contribution in [0.5, 0.6) is 0 Å². The molecule has 32 heavy (non-hydrogen) atoms. The van der Waals surface area contributed by atoms with Crippen LogP contribution in [0.2, 0.25) is 0 Å². The van der Waals surface area contributed by atoms with Gasteiger partial charge in [-0.05, 0) is 17.5 Å². The van der Waals surface area contributed by atoms with Crippen LogP contribution >= 0.6 is 0 Å². The van der Waals surface area contributed by atoms with E-state index in [-0.39, 0.29) is 17.9 Å². The third-order valence-corrected chi connectivity index (χ3v) is 5.37. The van der Waals surface area contributed by atoms with Crippen molar-refractivity contribution < 1.29 is 29.6 Å². The molecule has 1 aliphatic heterocycles. The second-order valence-corrected chi connectivity index (χ2v) is 9.18. The normalized spacial score (nSPS) is 21.0. The summed E-state index contributed by atoms with van der Waals surface area (Å²) in [4.78, 5) is 29.2. The first-order valence-electron chi connectivity index (χ1n) is 10.5. The SMILES string of the molecule is CO[C@@H](C(=O)NC1CN(C)c2ccccc2N(C)C1=O)[C@H](O)[C@@H](O)[C@H](O)/C=C/C(C)(C)C. The van der Waals surface area contributed by atoms with Crippen LogP contribution in [-0.2, 0) is 14.3 Å². The summed E-state index contributed by atoms with van der Waals surface area (Å²) >= 11 is 0. The van der Waals surface area contributed by atoms with Gasteiger partial charge < -0.3 is 35.2 Å². The van der Waals surface area contributed by atoms with E-state index in [9.17, 15) is 24.9 Å². The van der Waals surface area contributed by atoms with E-state index < -0.39 is 36.4 Å². The largest absolute Gasteiger partial charge is 0.387 e. The number of likely N-dealkylation sites (N-methyl/N-ethyl adjacent to an activating group) is 2. The van der Waals surface area contributed by atoms with Crippen LogP contribution in [0.25, 0.3) is 0 Å². The molecule has 4 N–H and O–H groups in total. The Balaban J connectivity index is 2.14. The highest BCUT2D eigenvalue weighted by atomic mass is 16.5. The molecule has 9 heteroatoms. The highest BCUT2D eigenvalue weighted by Gasteiger charge is 2.38. The van der Waals surface area contributed by atoms with Gasteiger partial charge in [-0.15, -0.1) is 0 Å². The number of benzene rings is 1. The quantitative estimate of drug-likeness (QED) is 0.441. The maximum Gasteiger partial charge on any atom is 0.252 e. The lowest BCUT2D eigenvalue weighted by Gasteiger charge is -2.29. The Bertz CT molecular complexity index is 837. The molecule has 0 saturated carbocycles. The number of fused-ring (bicyclic) bond motifs is 1. The summed E-state index contributed by atoms with van der Waals surface area (Å²) in [7, 11) is 4.65. The zero-order valence-corrected chi connectivity index (χ0v) is 19.5. The first-order chi connectivity index (χ1) is 14.9. The van der Waals surface area contributed by atoms with Gasteiger partial charge in [-0.25, -0.2) is 0 Å². The van der Waals surface area contributed by atoms with Gasteiger partial charge in [0.25, 0.3) is 11.8 Å². The maximum absolute atomic E-state index is 13.0. The number of para-hydroxylation sites is 2. The molecule has 178 valence electrons. The van der Waals surface area contributed by atoms with Crippen LogP contribution in [0.1, 0.15) is 20.8 Å². The summed E-state index contributed by atoms with van der Waals surface area (Å²) < 4.78 is 5.12. The van der Waals surface area contributed by atoms with Gasteiger partial charge in [0.1, 0.15) is 24.4 Å². The van der Waals surface area contributed by atoms with Crippen molar-refractivity contribution in [2.45, 2.75) is 51.2 Å². The number of ether oxygens (including phenoxy) is 1. The highest BCUT2D eigenvalue weighted by molar-refractivity contribution is 6.03. The van der Waals surface area contributed by atoms with Gasteiger partial charge >= 0.3 is 0 Å². The Morgan fingerprint density at radius 1 is 1.16 bits per heavy atom. The predicted octanol–water partition coefficient (Wildman–Crippen LogP) is 0.284. The zero-order valence-electron chi connectivity index (χ0n) is 19.5. The van der Waals surface area contributed by atoms with Gasteiger partial charge in [0.05, 0.1) is 11.4 Å². The molecule has 2 amide bonds. The van der Waals surface area contributed by atoms with Crippen molar-refractivity contribution in [3.8, 4) is 0 Å². The predicted molar refractivity (Wildman–Crippen MR) is 122 cm³/mol. The molecule has 0 fully saturated rings. The number of aliphatic hydroxyl groups excluding tert-OH is 3. The van der Waals surface area contributed by atoms with Crippen molar-refractivity contribution in [3.63, 3.8) is 0 Å². The van der Waals surface area contributed by atoms with E-state index in [1.165, 1.54) is 18.1 Å². The minimum absolute atomic E-state index is 0.206. The van der Waals surface area contributed by atoms with Crippen LogP contribution in [0.4, 0.5) is 11.4 Å². The van der Waals surface area contributed by atoms with E-state index in [1.807, 2.05) is 57.0 Å². The molecule has 0 radical (unpaired) electrons. The first kappa shape index (κ1) is 25.8. The molecule has 0 saturated heterocycles. The standard InChI is InChI=1S/C23H35N3O6/c1-23(2,3)12-11-17(27)18(28)19(29)20(32-6)21(30)24-14-13-25(4)15-9-7-8-10-16(15)26(5)22(14)31/h7-12,14,17-20,27-29H,13H2,1-6H3,(H,24,30)/b12-11+/t14?,17-,18+,19-,20-/m1/s1. The van der Waals surface area contributed by atoms with Gasteiger partial charge in [0.2, 0.25) is 0 Å². The topological polar surface area (TPSA) is 123 Å². The average molecular weight is 450 g/mol. The zero-order chi connectivity index (χ0) is 24.2. The molecular weight excluding hydrogens is 414 g/mol.